The number of rotatable bonds is 4. The Labute approximate surface area is 134 Å². The molecule has 1 aromatic carbocycles. The molecule has 0 amide bonds. The molecular weight excluding hydrogens is 268 g/mol. The zero-order valence-corrected chi connectivity index (χ0v) is 14.2. The van der Waals surface area contributed by atoms with Crippen LogP contribution >= 0.6 is 0 Å². The van der Waals surface area contributed by atoms with Gasteiger partial charge in [0.1, 0.15) is 18.1 Å². The molecule has 0 bridgehead atoms. The summed E-state index contributed by atoms with van der Waals surface area (Å²) in [4.78, 5) is 0. The molecule has 0 saturated heterocycles. The van der Waals surface area contributed by atoms with Crippen LogP contribution in [0.2, 0.25) is 0 Å². The Morgan fingerprint density at radius 1 is 1.09 bits per heavy atom. The minimum Gasteiger partial charge on any atom is -0.236 e. The minimum absolute atomic E-state index is 0.595. The molecule has 1 saturated carbocycles. The van der Waals surface area contributed by atoms with Crippen molar-refractivity contribution in [2.75, 3.05) is 0 Å². The largest absolute Gasteiger partial charge is 0.248 e. The monoisotopic (exact) mass is 297 g/mol. The lowest BCUT2D eigenvalue weighted by atomic mass is 9.83. The third kappa shape index (κ3) is 3.60. The standard InChI is InChI=1S/C20H29N2/c1-16(2)19-8-10-20(11-9-19)22-13-12-21(15-22)14-18-6-4-17(3)5-7-18/h8-13,15-18H,4-7,14H2,1-3H3/q+1. The molecule has 118 valence electrons. The van der Waals surface area contributed by atoms with Gasteiger partial charge in [-0.2, -0.15) is 0 Å². The highest BCUT2D eigenvalue weighted by Crippen LogP contribution is 2.28. The molecule has 2 nitrogen and oxygen atoms in total. The van der Waals surface area contributed by atoms with E-state index in [1.165, 1.54) is 43.5 Å². The van der Waals surface area contributed by atoms with Crippen molar-refractivity contribution in [1.29, 1.82) is 0 Å². The number of hydrogen-bond acceptors (Lipinski definition) is 0. The predicted octanol–water partition coefficient (Wildman–Crippen LogP) is 4.71. The molecule has 22 heavy (non-hydrogen) atoms. The van der Waals surface area contributed by atoms with E-state index >= 15 is 0 Å². The molecule has 1 fully saturated rings. The lowest BCUT2D eigenvalue weighted by molar-refractivity contribution is -0.703. The molecule has 1 aromatic heterocycles. The predicted molar refractivity (Wildman–Crippen MR) is 91.2 cm³/mol. The van der Waals surface area contributed by atoms with Crippen molar-refractivity contribution in [3.05, 3.63) is 48.5 Å². The van der Waals surface area contributed by atoms with E-state index in [0.29, 0.717) is 5.92 Å². The quantitative estimate of drug-likeness (QED) is 0.722. The van der Waals surface area contributed by atoms with Crippen molar-refractivity contribution < 1.29 is 4.57 Å². The van der Waals surface area contributed by atoms with Crippen molar-refractivity contribution in [2.24, 2.45) is 11.8 Å². The van der Waals surface area contributed by atoms with E-state index in [0.717, 1.165) is 11.8 Å². The van der Waals surface area contributed by atoms with Crippen LogP contribution in [-0.2, 0) is 6.54 Å². The summed E-state index contributed by atoms with van der Waals surface area (Å²) in [6, 6.07) is 8.93. The Morgan fingerprint density at radius 2 is 1.77 bits per heavy atom. The van der Waals surface area contributed by atoms with Gasteiger partial charge in [0.15, 0.2) is 0 Å². The second-order valence-electron chi connectivity index (χ2n) is 7.39. The molecule has 0 atom stereocenters. The number of benzene rings is 1. The molecule has 0 unspecified atom stereocenters. The van der Waals surface area contributed by atoms with Gasteiger partial charge < -0.3 is 0 Å². The van der Waals surface area contributed by atoms with Crippen LogP contribution in [-0.4, -0.2) is 4.57 Å². The van der Waals surface area contributed by atoms with E-state index in [9.17, 15) is 0 Å². The molecule has 0 spiro atoms. The lowest BCUT2D eigenvalue weighted by Gasteiger charge is -2.24. The first-order valence-electron chi connectivity index (χ1n) is 8.79. The Kier molecular flexibility index (Phi) is 4.66. The summed E-state index contributed by atoms with van der Waals surface area (Å²) in [5.74, 6) is 2.39. The van der Waals surface area contributed by atoms with Crippen LogP contribution in [0.15, 0.2) is 43.0 Å². The van der Waals surface area contributed by atoms with Gasteiger partial charge in [-0.3, -0.25) is 0 Å². The Hall–Kier alpha value is -1.57. The zero-order valence-electron chi connectivity index (χ0n) is 14.2. The highest BCUT2D eigenvalue weighted by atomic mass is 15.1. The van der Waals surface area contributed by atoms with Gasteiger partial charge in [0.2, 0.25) is 6.33 Å². The Morgan fingerprint density at radius 3 is 2.41 bits per heavy atom. The van der Waals surface area contributed by atoms with Crippen LogP contribution in [0.4, 0.5) is 0 Å². The van der Waals surface area contributed by atoms with Crippen molar-refractivity contribution in [2.45, 2.75) is 58.9 Å². The van der Waals surface area contributed by atoms with Gasteiger partial charge in [0, 0.05) is 0 Å². The molecular formula is C20H29N2+. The van der Waals surface area contributed by atoms with Gasteiger partial charge in [-0.1, -0.05) is 45.7 Å². The maximum atomic E-state index is 2.39. The van der Waals surface area contributed by atoms with Crippen LogP contribution in [0, 0.1) is 11.8 Å². The molecule has 1 aliphatic rings. The third-order valence-corrected chi connectivity index (χ3v) is 5.15. The van der Waals surface area contributed by atoms with E-state index in [1.807, 2.05) is 0 Å². The highest BCUT2D eigenvalue weighted by Gasteiger charge is 2.20. The molecule has 1 aliphatic carbocycles. The maximum absolute atomic E-state index is 2.39. The van der Waals surface area contributed by atoms with Crippen molar-refractivity contribution >= 4 is 0 Å². The molecule has 2 aromatic rings. The summed E-state index contributed by atoms with van der Waals surface area (Å²) < 4.78 is 4.59. The van der Waals surface area contributed by atoms with Crippen LogP contribution < -0.4 is 4.57 Å². The summed E-state index contributed by atoms with van der Waals surface area (Å²) >= 11 is 0. The smallest absolute Gasteiger partial charge is 0.236 e. The van der Waals surface area contributed by atoms with E-state index in [4.69, 9.17) is 0 Å². The first-order valence-corrected chi connectivity index (χ1v) is 8.79. The number of imidazole rings is 1. The van der Waals surface area contributed by atoms with Crippen LogP contribution in [0.3, 0.4) is 0 Å². The zero-order chi connectivity index (χ0) is 15.5. The fraction of sp³-hybridized carbons (Fsp3) is 0.550. The first-order chi connectivity index (χ1) is 10.6. The number of aromatic nitrogens is 2. The number of nitrogens with zero attached hydrogens (tertiary/aromatic N) is 2. The van der Waals surface area contributed by atoms with Gasteiger partial charge in [-0.15, -0.1) is 0 Å². The van der Waals surface area contributed by atoms with E-state index in [-0.39, 0.29) is 0 Å². The Bertz CT molecular complexity index is 586. The van der Waals surface area contributed by atoms with Gasteiger partial charge in [0.25, 0.3) is 0 Å². The number of hydrogen-bond donors (Lipinski definition) is 0. The van der Waals surface area contributed by atoms with Crippen LogP contribution in [0.25, 0.3) is 5.69 Å². The first kappa shape index (κ1) is 15.3. The Balaban J connectivity index is 1.65. The summed E-state index contributed by atoms with van der Waals surface area (Å²) in [5, 5.41) is 0. The molecule has 0 radical (unpaired) electrons. The van der Waals surface area contributed by atoms with Crippen molar-refractivity contribution in [3.8, 4) is 5.69 Å². The molecule has 3 rings (SSSR count). The second kappa shape index (κ2) is 6.68. The average Bonchev–Trinajstić information content (AvgIpc) is 2.98. The molecule has 2 heteroatoms. The van der Waals surface area contributed by atoms with Crippen molar-refractivity contribution in [3.63, 3.8) is 0 Å². The van der Waals surface area contributed by atoms with Gasteiger partial charge >= 0.3 is 0 Å². The van der Waals surface area contributed by atoms with E-state index < -0.39 is 0 Å². The lowest BCUT2D eigenvalue weighted by Crippen LogP contribution is -2.36. The fourth-order valence-corrected chi connectivity index (χ4v) is 3.50. The summed E-state index contributed by atoms with van der Waals surface area (Å²) in [5.41, 5.74) is 2.65. The fourth-order valence-electron chi connectivity index (χ4n) is 3.50. The second-order valence-corrected chi connectivity index (χ2v) is 7.39. The SMILES string of the molecule is CC1CCC(C[n+]2ccn(-c3ccc(C(C)C)cc3)c2)CC1. The van der Waals surface area contributed by atoms with Crippen molar-refractivity contribution in [1.82, 2.24) is 4.57 Å². The summed E-state index contributed by atoms with van der Waals surface area (Å²) in [6.45, 7) is 8.04. The van der Waals surface area contributed by atoms with E-state index in [1.54, 1.807) is 0 Å². The molecule has 1 heterocycles. The van der Waals surface area contributed by atoms with Crippen LogP contribution in [0.1, 0.15) is 57.9 Å². The minimum atomic E-state index is 0.595. The summed E-state index contributed by atoms with van der Waals surface area (Å²) in [6.07, 6.45) is 12.2. The summed E-state index contributed by atoms with van der Waals surface area (Å²) in [7, 11) is 0. The highest BCUT2D eigenvalue weighted by molar-refractivity contribution is 5.35. The third-order valence-electron chi connectivity index (χ3n) is 5.15. The topological polar surface area (TPSA) is 8.81 Å². The van der Waals surface area contributed by atoms with Gasteiger partial charge in [-0.05, 0) is 48.3 Å². The average molecular weight is 297 g/mol. The molecule has 0 aliphatic heterocycles. The van der Waals surface area contributed by atoms with Gasteiger partial charge in [0.05, 0.1) is 6.54 Å². The molecule has 0 N–H and O–H groups in total. The maximum Gasteiger partial charge on any atom is 0.248 e. The van der Waals surface area contributed by atoms with Gasteiger partial charge in [-0.25, -0.2) is 9.13 Å². The normalized spacial score (nSPS) is 22.2. The van der Waals surface area contributed by atoms with E-state index in [2.05, 4.69) is 72.9 Å². The van der Waals surface area contributed by atoms with Crippen LogP contribution in [0.5, 0.6) is 0 Å².